The smallest absolute Gasteiger partial charge is 0.0106 e. The van der Waals surface area contributed by atoms with Crippen LogP contribution in [0.1, 0.15) is 13.8 Å². The molecule has 0 radical (unpaired) electrons. The van der Waals surface area contributed by atoms with Crippen LogP contribution in [0.5, 0.6) is 0 Å². The second kappa shape index (κ2) is 6.46. The minimum absolute atomic E-state index is 0.433. The average molecular weight is 324 g/mol. The molecule has 0 spiro atoms. The quantitative estimate of drug-likeness (QED) is 0.767. The SMILES string of the molecule is CC(=C1C=CN(C)C=C1)C1C([O-])C(C(C)=C2C=CN(C)C=C2)C1[O-]. The van der Waals surface area contributed by atoms with Crippen LogP contribution in [-0.4, -0.2) is 36.1 Å². The van der Waals surface area contributed by atoms with Gasteiger partial charge in [0, 0.05) is 38.9 Å². The molecule has 0 bridgehead atoms. The highest BCUT2D eigenvalue weighted by atomic mass is 16.3. The molecular formula is C20H24N2O2-2. The Bertz CT molecular complexity index is 596. The van der Waals surface area contributed by atoms with E-state index in [4.69, 9.17) is 0 Å². The first-order chi connectivity index (χ1) is 11.4. The first-order valence-electron chi connectivity index (χ1n) is 8.30. The van der Waals surface area contributed by atoms with Crippen LogP contribution in [0, 0.1) is 11.8 Å². The molecular weight excluding hydrogens is 300 g/mol. The lowest BCUT2D eigenvalue weighted by atomic mass is 9.62. The lowest BCUT2D eigenvalue weighted by Gasteiger charge is -2.63. The van der Waals surface area contributed by atoms with Gasteiger partial charge in [-0.15, -0.1) is 12.2 Å². The van der Waals surface area contributed by atoms with Crippen molar-refractivity contribution >= 4 is 0 Å². The molecule has 0 atom stereocenters. The van der Waals surface area contributed by atoms with E-state index in [0.29, 0.717) is 0 Å². The van der Waals surface area contributed by atoms with Crippen LogP contribution in [0.4, 0.5) is 0 Å². The number of nitrogens with zero attached hydrogens (tertiary/aromatic N) is 2. The van der Waals surface area contributed by atoms with Gasteiger partial charge in [0.15, 0.2) is 0 Å². The summed E-state index contributed by atoms with van der Waals surface area (Å²) in [5, 5.41) is 25.5. The van der Waals surface area contributed by atoms with Crippen molar-refractivity contribution in [2.75, 3.05) is 14.1 Å². The lowest BCUT2D eigenvalue weighted by Crippen LogP contribution is -2.67. The number of hydrogen-bond acceptors (Lipinski definition) is 4. The number of allylic oxidation sites excluding steroid dienone is 6. The maximum Gasteiger partial charge on any atom is 0.0106 e. The van der Waals surface area contributed by atoms with Gasteiger partial charge in [-0.1, -0.05) is 11.1 Å². The van der Waals surface area contributed by atoms with E-state index >= 15 is 0 Å². The van der Waals surface area contributed by atoms with Gasteiger partial charge in [0.1, 0.15) is 0 Å². The average Bonchev–Trinajstić information content (AvgIpc) is 2.56. The molecule has 4 heteroatoms. The van der Waals surface area contributed by atoms with Crippen molar-refractivity contribution in [3.8, 4) is 0 Å². The van der Waals surface area contributed by atoms with E-state index in [-0.39, 0.29) is 0 Å². The highest BCUT2D eigenvalue weighted by Gasteiger charge is 2.39. The first-order valence-corrected chi connectivity index (χ1v) is 8.30. The Morgan fingerprint density at radius 3 is 1.29 bits per heavy atom. The maximum atomic E-state index is 12.8. The summed E-state index contributed by atoms with van der Waals surface area (Å²) in [6.07, 6.45) is 13.9. The Kier molecular flexibility index (Phi) is 4.52. The van der Waals surface area contributed by atoms with Crippen molar-refractivity contribution in [3.05, 3.63) is 71.4 Å². The summed E-state index contributed by atoms with van der Waals surface area (Å²) in [4.78, 5) is 3.88. The molecule has 24 heavy (non-hydrogen) atoms. The van der Waals surface area contributed by atoms with Gasteiger partial charge in [-0.05, 0) is 61.1 Å². The third kappa shape index (κ3) is 2.87. The zero-order valence-electron chi connectivity index (χ0n) is 14.6. The molecule has 1 aliphatic carbocycles. The largest absolute Gasteiger partial charge is 0.851 e. The molecule has 2 aliphatic heterocycles. The fourth-order valence-corrected chi connectivity index (χ4v) is 3.57. The van der Waals surface area contributed by atoms with Crippen LogP contribution in [0.15, 0.2) is 71.4 Å². The minimum atomic E-state index is -0.865. The van der Waals surface area contributed by atoms with Gasteiger partial charge >= 0.3 is 0 Å². The molecule has 3 rings (SSSR count). The third-order valence-corrected chi connectivity index (χ3v) is 5.28. The van der Waals surface area contributed by atoms with Crippen LogP contribution in [0.25, 0.3) is 0 Å². The molecule has 0 unspecified atom stereocenters. The Morgan fingerprint density at radius 2 is 1.00 bits per heavy atom. The van der Waals surface area contributed by atoms with Gasteiger partial charge < -0.3 is 20.0 Å². The van der Waals surface area contributed by atoms with Crippen LogP contribution in [0.2, 0.25) is 0 Å². The molecule has 4 nitrogen and oxygen atoms in total. The first kappa shape index (κ1) is 16.8. The second-order valence-electron chi connectivity index (χ2n) is 6.85. The zero-order valence-corrected chi connectivity index (χ0v) is 14.6. The predicted molar refractivity (Wildman–Crippen MR) is 92.0 cm³/mol. The Hall–Kier alpha value is -2.04. The van der Waals surface area contributed by atoms with Crippen LogP contribution in [-0.2, 0) is 0 Å². The van der Waals surface area contributed by atoms with Crippen molar-refractivity contribution in [2.24, 2.45) is 11.8 Å². The topological polar surface area (TPSA) is 52.6 Å². The van der Waals surface area contributed by atoms with E-state index in [9.17, 15) is 10.2 Å². The second-order valence-corrected chi connectivity index (χ2v) is 6.85. The highest BCUT2D eigenvalue weighted by molar-refractivity contribution is 5.44. The molecule has 1 fully saturated rings. The van der Waals surface area contributed by atoms with Crippen molar-refractivity contribution in [3.63, 3.8) is 0 Å². The standard InChI is InChI=1S/C20H24N2O2/c1-13(15-5-9-21(3)10-6-15)17-19(23)18(20(17)24)14(2)16-7-11-22(4)12-8-16/h5-12,17-20H,1-4H3/q-2. The minimum Gasteiger partial charge on any atom is -0.851 e. The lowest BCUT2D eigenvalue weighted by molar-refractivity contribution is -0.552. The molecule has 0 N–H and O–H groups in total. The molecule has 0 aromatic rings. The van der Waals surface area contributed by atoms with Gasteiger partial charge in [0.2, 0.25) is 0 Å². The fraction of sp³-hybridized carbons (Fsp3) is 0.400. The van der Waals surface area contributed by atoms with E-state index in [0.717, 1.165) is 22.3 Å². The normalized spacial score (nSPS) is 31.6. The maximum absolute atomic E-state index is 12.8. The van der Waals surface area contributed by atoms with Crippen molar-refractivity contribution in [1.82, 2.24) is 9.80 Å². The van der Waals surface area contributed by atoms with Gasteiger partial charge in [-0.3, -0.25) is 0 Å². The van der Waals surface area contributed by atoms with Gasteiger partial charge in [0.05, 0.1) is 0 Å². The summed E-state index contributed by atoms with van der Waals surface area (Å²) < 4.78 is 0. The number of rotatable bonds is 2. The van der Waals surface area contributed by atoms with Gasteiger partial charge in [0.25, 0.3) is 0 Å². The van der Waals surface area contributed by atoms with Gasteiger partial charge in [-0.25, -0.2) is 0 Å². The Morgan fingerprint density at radius 1 is 0.708 bits per heavy atom. The molecule has 1 saturated carbocycles. The Labute approximate surface area is 144 Å². The summed E-state index contributed by atoms with van der Waals surface area (Å²) >= 11 is 0. The van der Waals surface area contributed by atoms with E-state index < -0.39 is 24.0 Å². The molecule has 0 aromatic carbocycles. The van der Waals surface area contributed by atoms with Crippen molar-refractivity contribution in [1.29, 1.82) is 0 Å². The van der Waals surface area contributed by atoms with Crippen LogP contribution in [0.3, 0.4) is 0 Å². The molecule has 0 saturated heterocycles. The monoisotopic (exact) mass is 324 g/mol. The zero-order chi connectivity index (χ0) is 17.4. The summed E-state index contributed by atoms with van der Waals surface area (Å²) in [5.74, 6) is -0.866. The van der Waals surface area contributed by atoms with Crippen molar-refractivity contribution < 1.29 is 10.2 Å². The van der Waals surface area contributed by atoms with E-state index in [1.54, 1.807) is 0 Å². The van der Waals surface area contributed by atoms with Crippen LogP contribution >= 0.6 is 0 Å². The Balaban J connectivity index is 1.80. The summed E-state index contributed by atoms with van der Waals surface area (Å²) in [5.41, 5.74) is 3.81. The fourth-order valence-electron chi connectivity index (χ4n) is 3.57. The van der Waals surface area contributed by atoms with Crippen molar-refractivity contribution in [2.45, 2.75) is 26.1 Å². The predicted octanol–water partition coefficient (Wildman–Crippen LogP) is 1.27. The summed E-state index contributed by atoms with van der Waals surface area (Å²) in [7, 11) is 3.90. The number of hydrogen-bond donors (Lipinski definition) is 0. The molecule has 128 valence electrons. The van der Waals surface area contributed by atoms with Crippen LogP contribution < -0.4 is 10.2 Å². The molecule has 3 aliphatic rings. The van der Waals surface area contributed by atoms with Gasteiger partial charge in [-0.2, -0.15) is 0 Å². The third-order valence-electron chi connectivity index (χ3n) is 5.28. The molecule has 0 aromatic heterocycles. The van der Waals surface area contributed by atoms with E-state index in [1.165, 1.54) is 0 Å². The van der Waals surface area contributed by atoms with E-state index in [1.807, 2.05) is 86.8 Å². The highest BCUT2D eigenvalue weighted by Crippen LogP contribution is 2.43. The summed E-state index contributed by atoms with van der Waals surface area (Å²) in [6.45, 7) is 3.84. The summed E-state index contributed by atoms with van der Waals surface area (Å²) in [6, 6.07) is 0. The molecule has 2 heterocycles. The molecule has 0 amide bonds. The van der Waals surface area contributed by atoms with E-state index in [2.05, 4.69) is 0 Å².